The summed E-state index contributed by atoms with van der Waals surface area (Å²) < 4.78 is 4.86. The largest absolute Gasteiger partial charge is 0.481 e. The van der Waals surface area contributed by atoms with Gasteiger partial charge in [0.2, 0.25) is 5.91 Å². The molecule has 1 rings (SSSR count). The number of rotatable bonds is 5. The number of carbonyl (C=O) groups excluding carboxylic acids is 1. The van der Waals surface area contributed by atoms with Crippen molar-refractivity contribution < 1.29 is 19.4 Å². The molecule has 6 nitrogen and oxygen atoms in total. The van der Waals surface area contributed by atoms with Crippen LogP contribution in [0.3, 0.4) is 0 Å². The van der Waals surface area contributed by atoms with Gasteiger partial charge < -0.3 is 20.5 Å². The Balaban J connectivity index is 2.53. The molecule has 0 aromatic carbocycles. The molecule has 0 aliphatic carbocycles. The van der Waals surface area contributed by atoms with Crippen LogP contribution in [0.1, 0.15) is 19.8 Å². The number of carbonyl (C=O) groups is 2. The molecule has 2 atom stereocenters. The van der Waals surface area contributed by atoms with Gasteiger partial charge in [-0.1, -0.05) is 0 Å². The van der Waals surface area contributed by atoms with Crippen molar-refractivity contribution in [3.63, 3.8) is 0 Å². The number of carboxylic acid groups (broad SMARTS) is 1. The number of hydrogen-bond acceptors (Lipinski definition) is 4. The number of amides is 1. The third kappa shape index (κ3) is 3.17. The zero-order valence-electron chi connectivity index (χ0n) is 10.3. The molecular formula is C11H20N2O4. The average Bonchev–Trinajstić information content (AvgIpc) is 2.69. The quantitative estimate of drug-likeness (QED) is 0.691. The van der Waals surface area contributed by atoms with E-state index in [4.69, 9.17) is 15.6 Å². The van der Waals surface area contributed by atoms with Crippen molar-refractivity contribution >= 4 is 11.9 Å². The molecule has 98 valence electrons. The van der Waals surface area contributed by atoms with E-state index in [-0.39, 0.29) is 12.5 Å². The first-order valence-electron chi connectivity index (χ1n) is 5.67. The van der Waals surface area contributed by atoms with Crippen LogP contribution in [0, 0.1) is 5.41 Å². The Labute approximate surface area is 101 Å². The third-order valence-electron chi connectivity index (χ3n) is 3.25. The summed E-state index contributed by atoms with van der Waals surface area (Å²) in [6, 6.07) is -0.605. The summed E-state index contributed by atoms with van der Waals surface area (Å²) in [7, 11) is 1.55. The monoisotopic (exact) mass is 244 g/mol. The molecule has 1 aliphatic rings. The van der Waals surface area contributed by atoms with Crippen LogP contribution in [0.2, 0.25) is 0 Å². The lowest BCUT2D eigenvalue weighted by Crippen LogP contribution is -2.44. The molecule has 0 saturated carbocycles. The van der Waals surface area contributed by atoms with E-state index in [9.17, 15) is 9.59 Å². The minimum Gasteiger partial charge on any atom is -0.481 e. The van der Waals surface area contributed by atoms with Gasteiger partial charge in [-0.25, -0.2) is 0 Å². The Hall–Kier alpha value is -1.14. The van der Waals surface area contributed by atoms with E-state index in [2.05, 4.69) is 0 Å². The van der Waals surface area contributed by atoms with Gasteiger partial charge in [0, 0.05) is 26.8 Å². The SMILES string of the molecule is COCCC(N)C(=O)N1CCC(C)(C(=O)O)C1. The van der Waals surface area contributed by atoms with Crippen LogP contribution in [0.25, 0.3) is 0 Å². The van der Waals surface area contributed by atoms with Crippen LogP contribution in [0.15, 0.2) is 0 Å². The smallest absolute Gasteiger partial charge is 0.311 e. The molecule has 1 aliphatic heterocycles. The van der Waals surface area contributed by atoms with Crippen molar-refractivity contribution in [2.24, 2.45) is 11.1 Å². The number of likely N-dealkylation sites (tertiary alicyclic amines) is 1. The van der Waals surface area contributed by atoms with E-state index in [1.165, 1.54) is 4.90 Å². The number of nitrogens with zero attached hydrogens (tertiary/aromatic N) is 1. The van der Waals surface area contributed by atoms with Crippen molar-refractivity contribution in [2.45, 2.75) is 25.8 Å². The van der Waals surface area contributed by atoms with Crippen molar-refractivity contribution in [3.05, 3.63) is 0 Å². The maximum absolute atomic E-state index is 11.9. The van der Waals surface area contributed by atoms with Crippen LogP contribution in [-0.2, 0) is 14.3 Å². The second-order valence-corrected chi connectivity index (χ2v) is 4.76. The second-order valence-electron chi connectivity index (χ2n) is 4.76. The summed E-state index contributed by atoms with van der Waals surface area (Å²) in [5.74, 6) is -1.05. The predicted molar refractivity (Wildman–Crippen MR) is 61.4 cm³/mol. The molecule has 1 fully saturated rings. The fourth-order valence-corrected chi connectivity index (χ4v) is 1.93. The van der Waals surface area contributed by atoms with Crippen LogP contribution < -0.4 is 5.73 Å². The van der Waals surface area contributed by atoms with Gasteiger partial charge in [0.1, 0.15) is 0 Å². The molecule has 6 heteroatoms. The molecule has 17 heavy (non-hydrogen) atoms. The molecule has 3 N–H and O–H groups in total. The van der Waals surface area contributed by atoms with E-state index < -0.39 is 17.4 Å². The van der Waals surface area contributed by atoms with Gasteiger partial charge >= 0.3 is 5.97 Å². The Morgan fingerprint density at radius 1 is 1.59 bits per heavy atom. The van der Waals surface area contributed by atoms with Crippen molar-refractivity contribution in [1.82, 2.24) is 4.90 Å². The molecule has 0 radical (unpaired) electrons. The Bertz CT molecular complexity index is 308. The number of methoxy groups -OCH3 is 1. The molecule has 0 aromatic heterocycles. The molecule has 0 spiro atoms. The standard InChI is InChI=1S/C11H20N2O4/c1-11(10(15)16)4-5-13(7-11)9(14)8(12)3-6-17-2/h8H,3-7,12H2,1-2H3,(H,15,16). The van der Waals surface area contributed by atoms with Gasteiger partial charge in [-0.05, 0) is 19.8 Å². The molecule has 2 unspecified atom stereocenters. The molecule has 1 heterocycles. The van der Waals surface area contributed by atoms with Crippen molar-refractivity contribution in [1.29, 1.82) is 0 Å². The van der Waals surface area contributed by atoms with Gasteiger partial charge in [0.15, 0.2) is 0 Å². The number of carboxylic acids is 1. The number of hydrogen-bond donors (Lipinski definition) is 2. The van der Waals surface area contributed by atoms with Crippen LogP contribution >= 0.6 is 0 Å². The minimum atomic E-state index is -0.863. The zero-order valence-corrected chi connectivity index (χ0v) is 10.3. The fraction of sp³-hybridized carbons (Fsp3) is 0.818. The Morgan fingerprint density at radius 3 is 2.71 bits per heavy atom. The molecule has 0 bridgehead atoms. The van der Waals surface area contributed by atoms with Gasteiger partial charge in [0.05, 0.1) is 11.5 Å². The summed E-state index contributed by atoms with van der Waals surface area (Å²) in [6.45, 7) is 2.78. The second kappa shape index (κ2) is 5.46. The molecular weight excluding hydrogens is 224 g/mol. The van der Waals surface area contributed by atoms with Gasteiger partial charge in [-0.15, -0.1) is 0 Å². The molecule has 1 saturated heterocycles. The summed E-state index contributed by atoms with van der Waals surface area (Å²) in [5, 5.41) is 9.06. The van der Waals surface area contributed by atoms with Crippen LogP contribution in [-0.4, -0.2) is 54.7 Å². The lowest BCUT2D eigenvalue weighted by Gasteiger charge is -2.22. The maximum atomic E-state index is 11.9. The summed E-state index contributed by atoms with van der Waals surface area (Å²) >= 11 is 0. The Morgan fingerprint density at radius 2 is 2.24 bits per heavy atom. The topological polar surface area (TPSA) is 92.9 Å². The third-order valence-corrected chi connectivity index (χ3v) is 3.25. The van der Waals surface area contributed by atoms with E-state index in [0.29, 0.717) is 26.0 Å². The lowest BCUT2D eigenvalue weighted by atomic mass is 9.90. The maximum Gasteiger partial charge on any atom is 0.311 e. The average molecular weight is 244 g/mol. The van der Waals surface area contributed by atoms with Crippen molar-refractivity contribution in [3.8, 4) is 0 Å². The molecule has 1 amide bonds. The highest BCUT2D eigenvalue weighted by Gasteiger charge is 2.42. The van der Waals surface area contributed by atoms with E-state index in [1.54, 1.807) is 14.0 Å². The first-order valence-corrected chi connectivity index (χ1v) is 5.67. The van der Waals surface area contributed by atoms with Gasteiger partial charge in [-0.2, -0.15) is 0 Å². The predicted octanol–water partition coefficient (Wildman–Crippen LogP) is -0.327. The zero-order chi connectivity index (χ0) is 13.1. The van der Waals surface area contributed by atoms with Gasteiger partial charge in [0.25, 0.3) is 0 Å². The molecule has 0 aromatic rings. The number of aliphatic carboxylic acids is 1. The minimum absolute atomic E-state index is 0.188. The Kier molecular flexibility index (Phi) is 4.47. The lowest BCUT2D eigenvalue weighted by molar-refractivity contribution is -0.147. The van der Waals surface area contributed by atoms with E-state index in [0.717, 1.165) is 0 Å². The number of ether oxygens (including phenoxy) is 1. The number of nitrogens with two attached hydrogens (primary N) is 1. The first-order chi connectivity index (χ1) is 7.90. The van der Waals surface area contributed by atoms with Crippen LogP contribution in [0.5, 0.6) is 0 Å². The fourth-order valence-electron chi connectivity index (χ4n) is 1.93. The van der Waals surface area contributed by atoms with E-state index in [1.807, 2.05) is 0 Å². The van der Waals surface area contributed by atoms with E-state index >= 15 is 0 Å². The highest BCUT2D eigenvalue weighted by molar-refractivity contribution is 5.84. The summed E-state index contributed by atoms with van der Waals surface area (Å²) in [4.78, 5) is 24.5. The normalized spacial score (nSPS) is 25.9. The van der Waals surface area contributed by atoms with Crippen molar-refractivity contribution in [2.75, 3.05) is 26.8 Å². The summed E-state index contributed by atoms with van der Waals surface area (Å²) in [6.07, 6.45) is 0.931. The summed E-state index contributed by atoms with van der Waals surface area (Å²) in [5.41, 5.74) is 4.89. The van der Waals surface area contributed by atoms with Gasteiger partial charge in [-0.3, -0.25) is 9.59 Å². The highest BCUT2D eigenvalue weighted by Crippen LogP contribution is 2.30. The van der Waals surface area contributed by atoms with Crippen LogP contribution in [0.4, 0.5) is 0 Å². The highest BCUT2D eigenvalue weighted by atomic mass is 16.5. The first kappa shape index (κ1) is 13.9.